The number of likely N-dealkylation sites (tertiary alicyclic amines) is 1. The summed E-state index contributed by atoms with van der Waals surface area (Å²) in [7, 11) is 1.67. The third kappa shape index (κ3) is 2.42. The first kappa shape index (κ1) is 14.1. The molecule has 4 nitrogen and oxygen atoms in total. The van der Waals surface area contributed by atoms with Crippen molar-refractivity contribution in [3.63, 3.8) is 0 Å². The molecular weight excluding hydrogens is 271 g/mol. The van der Waals surface area contributed by atoms with Gasteiger partial charge >= 0.3 is 0 Å². The van der Waals surface area contributed by atoms with Crippen molar-refractivity contribution >= 4 is 16.8 Å². The number of nitrogens with zero attached hydrogens (tertiary/aromatic N) is 1. The summed E-state index contributed by atoms with van der Waals surface area (Å²) < 4.78 is 19.2. The number of benzene rings is 1. The number of rotatable bonds is 3. The van der Waals surface area contributed by atoms with E-state index in [1.54, 1.807) is 30.3 Å². The van der Waals surface area contributed by atoms with Crippen LogP contribution in [0.3, 0.4) is 0 Å². The summed E-state index contributed by atoms with van der Waals surface area (Å²) >= 11 is 0. The lowest BCUT2D eigenvalue weighted by Gasteiger charge is -2.23. The third-order valence-corrected chi connectivity index (χ3v) is 4.22. The smallest absolute Gasteiger partial charge is 0.256 e. The zero-order valence-electron chi connectivity index (χ0n) is 12.3. The minimum atomic E-state index is -0.365. The van der Waals surface area contributed by atoms with Crippen molar-refractivity contribution in [2.75, 3.05) is 26.8 Å². The molecular formula is C16H19FN2O2. The zero-order chi connectivity index (χ0) is 15.0. The van der Waals surface area contributed by atoms with Crippen LogP contribution >= 0.6 is 0 Å². The predicted molar refractivity (Wildman–Crippen MR) is 78.8 cm³/mol. The molecule has 112 valence electrons. The molecule has 1 aliphatic rings. The highest BCUT2D eigenvalue weighted by molar-refractivity contribution is 6.07. The van der Waals surface area contributed by atoms with Gasteiger partial charge < -0.3 is 14.6 Å². The van der Waals surface area contributed by atoms with Crippen LogP contribution in [0.2, 0.25) is 0 Å². The van der Waals surface area contributed by atoms with Gasteiger partial charge in [-0.15, -0.1) is 0 Å². The maximum atomic E-state index is 14.0. The van der Waals surface area contributed by atoms with Gasteiger partial charge in [-0.3, -0.25) is 4.79 Å². The van der Waals surface area contributed by atoms with E-state index in [1.165, 1.54) is 6.07 Å². The topological polar surface area (TPSA) is 45.3 Å². The first-order valence-corrected chi connectivity index (χ1v) is 7.08. The molecule has 1 N–H and O–H groups in total. The number of carbonyl (C=O) groups excluding carboxylic acids is 1. The quantitative estimate of drug-likeness (QED) is 0.944. The monoisotopic (exact) mass is 290 g/mol. The Labute approximate surface area is 122 Å². The molecule has 5 heteroatoms. The van der Waals surface area contributed by atoms with Gasteiger partial charge in [0.15, 0.2) is 0 Å². The van der Waals surface area contributed by atoms with Crippen LogP contribution in [0.4, 0.5) is 4.39 Å². The number of hydrogen-bond donors (Lipinski definition) is 1. The van der Waals surface area contributed by atoms with Gasteiger partial charge in [0.2, 0.25) is 0 Å². The summed E-state index contributed by atoms with van der Waals surface area (Å²) in [5.41, 5.74) is 1.04. The summed E-state index contributed by atoms with van der Waals surface area (Å²) in [6.45, 7) is 4.05. The lowest BCUT2D eigenvalue weighted by Crippen LogP contribution is -2.32. The second-order valence-electron chi connectivity index (χ2n) is 6.09. The van der Waals surface area contributed by atoms with E-state index in [9.17, 15) is 9.18 Å². The Bertz CT molecular complexity index is 682. The minimum Gasteiger partial charge on any atom is -0.384 e. The first-order valence-electron chi connectivity index (χ1n) is 7.08. The molecule has 2 heterocycles. The van der Waals surface area contributed by atoms with E-state index in [0.717, 1.165) is 6.42 Å². The molecule has 0 unspecified atom stereocenters. The second kappa shape index (κ2) is 5.15. The lowest BCUT2D eigenvalue weighted by atomic mass is 9.91. The number of halogens is 1. The van der Waals surface area contributed by atoms with Crippen molar-refractivity contribution in [1.82, 2.24) is 9.88 Å². The fraction of sp³-hybridized carbons (Fsp3) is 0.438. The van der Waals surface area contributed by atoms with Gasteiger partial charge in [0.05, 0.1) is 12.2 Å². The van der Waals surface area contributed by atoms with Gasteiger partial charge in [-0.2, -0.15) is 0 Å². The molecule has 0 aliphatic carbocycles. The second-order valence-corrected chi connectivity index (χ2v) is 6.09. The summed E-state index contributed by atoms with van der Waals surface area (Å²) in [6, 6.07) is 4.79. The van der Waals surface area contributed by atoms with Crippen LogP contribution < -0.4 is 0 Å². The highest BCUT2D eigenvalue weighted by Gasteiger charge is 2.37. The molecule has 0 spiro atoms. The first-order chi connectivity index (χ1) is 10.0. The van der Waals surface area contributed by atoms with Crippen molar-refractivity contribution in [3.8, 4) is 0 Å². The third-order valence-electron chi connectivity index (χ3n) is 4.22. The summed E-state index contributed by atoms with van der Waals surface area (Å²) in [5.74, 6) is -0.484. The summed E-state index contributed by atoms with van der Waals surface area (Å²) in [4.78, 5) is 17.4. The van der Waals surface area contributed by atoms with E-state index in [1.807, 2.05) is 0 Å². The Hall–Kier alpha value is -1.88. The van der Waals surface area contributed by atoms with E-state index in [4.69, 9.17) is 4.74 Å². The molecule has 2 aromatic rings. The van der Waals surface area contributed by atoms with Crippen LogP contribution in [0.1, 0.15) is 23.7 Å². The summed E-state index contributed by atoms with van der Waals surface area (Å²) in [6.07, 6.45) is 2.50. The molecule has 1 aliphatic heterocycles. The van der Waals surface area contributed by atoms with Gasteiger partial charge in [0.1, 0.15) is 5.82 Å². The van der Waals surface area contributed by atoms with Crippen LogP contribution in [0.25, 0.3) is 10.9 Å². The minimum absolute atomic E-state index is 0.0188. The molecule has 1 aromatic carbocycles. The Kier molecular flexibility index (Phi) is 3.45. The zero-order valence-corrected chi connectivity index (χ0v) is 12.3. The van der Waals surface area contributed by atoms with E-state index in [0.29, 0.717) is 36.2 Å². The summed E-state index contributed by atoms with van der Waals surface area (Å²) in [5, 5.41) is 0.378. The number of H-pyrrole nitrogens is 1. The van der Waals surface area contributed by atoms with E-state index >= 15 is 0 Å². The van der Waals surface area contributed by atoms with Crippen LogP contribution in [-0.2, 0) is 4.74 Å². The fourth-order valence-corrected chi connectivity index (χ4v) is 3.14. The number of hydrogen-bond acceptors (Lipinski definition) is 2. The Balaban J connectivity index is 1.89. The van der Waals surface area contributed by atoms with Crippen LogP contribution in [-0.4, -0.2) is 42.6 Å². The molecule has 1 aromatic heterocycles. The van der Waals surface area contributed by atoms with Crippen molar-refractivity contribution in [1.29, 1.82) is 0 Å². The molecule has 0 radical (unpaired) electrons. The van der Waals surface area contributed by atoms with Crippen molar-refractivity contribution in [3.05, 3.63) is 35.8 Å². The van der Waals surface area contributed by atoms with Gasteiger partial charge in [0, 0.05) is 42.7 Å². The molecule has 3 rings (SSSR count). The molecule has 1 fully saturated rings. The largest absolute Gasteiger partial charge is 0.384 e. The van der Waals surface area contributed by atoms with Gasteiger partial charge in [-0.25, -0.2) is 4.39 Å². The molecule has 0 bridgehead atoms. The molecule has 1 saturated heterocycles. The Morgan fingerprint density at radius 2 is 2.33 bits per heavy atom. The highest BCUT2D eigenvalue weighted by atomic mass is 19.1. The molecule has 1 atom stereocenters. The van der Waals surface area contributed by atoms with Gasteiger partial charge in [-0.05, 0) is 18.6 Å². The predicted octanol–water partition coefficient (Wildman–Crippen LogP) is 2.81. The average molecular weight is 290 g/mol. The van der Waals surface area contributed by atoms with Gasteiger partial charge in [-0.1, -0.05) is 13.0 Å². The van der Waals surface area contributed by atoms with Crippen LogP contribution in [0.5, 0.6) is 0 Å². The van der Waals surface area contributed by atoms with Crippen LogP contribution in [0.15, 0.2) is 24.4 Å². The number of fused-ring (bicyclic) bond motifs is 1. The maximum absolute atomic E-state index is 14.0. The van der Waals surface area contributed by atoms with Crippen molar-refractivity contribution in [2.45, 2.75) is 13.3 Å². The average Bonchev–Trinajstić information content (AvgIpc) is 3.03. The fourth-order valence-electron chi connectivity index (χ4n) is 3.14. The molecule has 1 amide bonds. The van der Waals surface area contributed by atoms with E-state index < -0.39 is 0 Å². The normalized spacial score (nSPS) is 22.1. The number of nitrogens with one attached hydrogen (secondary N) is 1. The van der Waals surface area contributed by atoms with E-state index in [-0.39, 0.29) is 17.1 Å². The van der Waals surface area contributed by atoms with E-state index in [2.05, 4.69) is 11.9 Å². The molecule has 0 saturated carbocycles. The standard InChI is InChI=1S/C16H19FN2O2/c1-16(10-21-2)6-7-19(9-16)15(20)11-8-18-13-5-3-4-12(17)14(11)13/h3-5,8,18H,6-7,9-10H2,1-2H3/t16-/m0/s1. The number of aromatic nitrogens is 1. The number of ether oxygens (including phenoxy) is 1. The van der Waals surface area contributed by atoms with Crippen molar-refractivity contribution in [2.24, 2.45) is 5.41 Å². The number of aromatic amines is 1. The van der Waals surface area contributed by atoms with Gasteiger partial charge in [0.25, 0.3) is 5.91 Å². The molecule has 21 heavy (non-hydrogen) atoms. The number of amides is 1. The maximum Gasteiger partial charge on any atom is 0.256 e. The van der Waals surface area contributed by atoms with Crippen LogP contribution in [0, 0.1) is 11.2 Å². The Morgan fingerprint density at radius 1 is 1.52 bits per heavy atom. The number of carbonyl (C=O) groups is 1. The highest BCUT2D eigenvalue weighted by Crippen LogP contribution is 2.32. The number of methoxy groups -OCH3 is 1. The SMILES string of the molecule is COC[C@@]1(C)CCN(C(=O)c2c[nH]c3cccc(F)c23)C1. The Morgan fingerprint density at radius 3 is 3.10 bits per heavy atom. The lowest BCUT2D eigenvalue weighted by molar-refractivity contribution is 0.0711. The van der Waals surface area contributed by atoms with Crippen molar-refractivity contribution < 1.29 is 13.9 Å².